The van der Waals surface area contributed by atoms with Crippen LogP contribution in [-0.4, -0.2) is 60.5 Å². The summed E-state index contributed by atoms with van der Waals surface area (Å²) in [6.45, 7) is 3.86. The molecule has 10 nitrogen and oxygen atoms in total. The summed E-state index contributed by atoms with van der Waals surface area (Å²) in [5, 5.41) is 21.2. The third-order valence-corrected chi connectivity index (χ3v) is 5.99. The van der Waals surface area contributed by atoms with Gasteiger partial charge in [0, 0.05) is 13.0 Å². The Bertz CT molecular complexity index is 1090. The molecule has 1 heterocycles. The van der Waals surface area contributed by atoms with Crippen molar-refractivity contribution in [3.63, 3.8) is 0 Å². The van der Waals surface area contributed by atoms with E-state index in [4.69, 9.17) is 4.74 Å². The summed E-state index contributed by atoms with van der Waals surface area (Å²) in [6.07, 6.45) is -1.06. The van der Waals surface area contributed by atoms with E-state index in [0.29, 0.717) is 11.3 Å². The highest BCUT2D eigenvalue weighted by Crippen LogP contribution is 2.18. The van der Waals surface area contributed by atoms with E-state index in [9.17, 15) is 24.3 Å². The molecule has 37 heavy (non-hydrogen) atoms. The molecule has 3 rings (SSSR count). The predicted octanol–water partition coefficient (Wildman–Crippen LogP) is 1.06. The van der Waals surface area contributed by atoms with Crippen molar-refractivity contribution in [1.29, 1.82) is 0 Å². The van der Waals surface area contributed by atoms with Crippen molar-refractivity contribution in [2.75, 3.05) is 19.7 Å². The van der Waals surface area contributed by atoms with Gasteiger partial charge in [0.15, 0.2) is 0 Å². The van der Waals surface area contributed by atoms with Crippen LogP contribution in [0.1, 0.15) is 48.7 Å². The zero-order valence-corrected chi connectivity index (χ0v) is 21.0. The first-order chi connectivity index (χ1) is 17.8. The molecule has 2 aromatic rings. The maximum absolute atomic E-state index is 13.1. The van der Waals surface area contributed by atoms with E-state index in [0.717, 1.165) is 0 Å². The maximum Gasteiger partial charge on any atom is 0.255 e. The molecule has 0 aromatic heterocycles. The molecule has 1 aliphatic heterocycles. The lowest BCUT2D eigenvalue weighted by atomic mass is 10.0. The summed E-state index contributed by atoms with van der Waals surface area (Å²) in [5.41, 5.74) is 0.854. The third-order valence-electron chi connectivity index (χ3n) is 5.99. The summed E-state index contributed by atoms with van der Waals surface area (Å²) in [6, 6.07) is 13.6. The van der Waals surface area contributed by atoms with E-state index in [-0.39, 0.29) is 49.9 Å². The van der Waals surface area contributed by atoms with Crippen LogP contribution in [0.2, 0.25) is 0 Å². The summed E-state index contributed by atoms with van der Waals surface area (Å²) in [7, 11) is 0. The van der Waals surface area contributed by atoms with Crippen LogP contribution >= 0.6 is 0 Å². The van der Waals surface area contributed by atoms with E-state index in [1.165, 1.54) is 0 Å². The Morgan fingerprint density at radius 2 is 1.76 bits per heavy atom. The molecule has 1 aliphatic rings. The number of carbonyl (C=O) groups excluding carboxylic acids is 4. The van der Waals surface area contributed by atoms with E-state index >= 15 is 0 Å². The van der Waals surface area contributed by atoms with Crippen LogP contribution in [0, 0.1) is 5.92 Å². The number of aliphatic hydroxyl groups is 1. The predicted molar refractivity (Wildman–Crippen MR) is 137 cm³/mol. The lowest BCUT2D eigenvalue weighted by molar-refractivity contribution is -0.130. The number of hydrogen-bond donors (Lipinski definition) is 5. The van der Waals surface area contributed by atoms with Crippen molar-refractivity contribution in [1.82, 2.24) is 21.3 Å². The maximum atomic E-state index is 13.1. The van der Waals surface area contributed by atoms with Crippen LogP contribution in [-0.2, 0) is 14.4 Å². The molecule has 5 N–H and O–H groups in total. The number of aliphatic hydroxyl groups excluding tert-OH is 1. The first kappa shape index (κ1) is 27.7. The van der Waals surface area contributed by atoms with E-state index < -0.39 is 35.9 Å². The summed E-state index contributed by atoms with van der Waals surface area (Å²) < 4.78 is 5.73. The van der Waals surface area contributed by atoms with Crippen molar-refractivity contribution in [3.05, 3.63) is 65.7 Å². The van der Waals surface area contributed by atoms with Gasteiger partial charge in [-0.05, 0) is 30.0 Å². The molecule has 4 amide bonds. The Morgan fingerprint density at radius 1 is 1.05 bits per heavy atom. The van der Waals surface area contributed by atoms with Gasteiger partial charge in [-0.2, -0.15) is 0 Å². The van der Waals surface area contributed by atoms with Crippen molar-refractivity contribution >= 4 is 23.6 Å². The van der Waals surface area contributed by atoms with Crippen LogP contribution in [0.15, 0.2) is 54.6 Å². The van der Waals surface area contributed by atoms with E-state index in [2.05, 4.69) is 21.3 Å². The molecular formula is C27H34N4O6. The summed E-state index contributed by atoms with van der Waals surface area (Å²) in [5.74, 6) is -1.71. The zero-order valence-electron chi connectivity index (χ0n) is 21.0. The minimum Gasteiger partial charge on any atom is -0.491 e. The van der Waals surface area contributed by atoms with E-state index in [1.807, 2.05) is 19.9 Å². The van der Waals surface area contributed by atoms with Gasteiger partial charge in [-0.15, -0.1) is 0 Å². The molecule has 2 aromatic carbocycles. The van der Waals surface area contributed by atoms with Gasteiger partial charge in [-0.3, -0.25) is 19.2 Å². The number of fused-ring (bicyclic) bond motifs is 1. The smallest absolute Gasteiger partial charge is 0.255 e. The molecule has 198 valence electrons. The molecule has 0 saturated heterocycles. The SMILES string of the molecule is CC(C)[C@@H]1NC(=O)CC[C@@H](C(=O)NC[C@@H](O)c2ccccc2)NC(=O)c2ccccc2OCCNC1=O. The zero-order chi connectivity index (χ0) is 26.8. The highest BCUT2D eigenvalue weighted by molar-refractivity contribution is 5.99. The Kier molecular flexibility index (Phi) is 10.0. The average molecular weight is 511 g/mol. The normalized spacial score (nSPS) is 20.2. The van der Waals surface area contributed by atoms with Crippen molar-refractivity contribution in [2.24, 2.45) is 5.92 Å². The average Bonchev–Trinajstić information content (AvgIpc) is 2.90. The lowest BCUT2D eigenvalue weighted by Gasteiger charge is -2.23. The quantitative estimate of drug-likeness (QED) is 0.407. The Labute approximate surface area is 216 Å². The van der Waals surface area contributed by atoms with Crippen molar-refractivity contribution in [2.45, 2.75) is 44.9 Å². The molecule has 0 unspecified atom stereocenters. The lowest BCUT2D eigenvalue weighted by Crippen LogP contribution is -2.51. The molecule has 0 radical (unpaired) electrons. The standard InChI is InChI=1S/C27H34N4O6/c1-17(2)24-27(36)28-14-15-37-22-11-7-6-10-19(22)25(34)30-20(12-13-23(33)31-24)26(35)29-16-21(32)18-8-4-3-5-9-18/h3-11,17,20-21,24,32H,12-16H2,1-2H3,(H,28,36)(H,29,35)(H,30,34)(H,31,33)/t20-,21+,24-/m0/s1. The molecule has 3 atom stereocenters. The monoisotopic (exact) mass is 510 g/mol. The van der Waals surface area contributed by atoms with Crippen LogP contribution in [0.5, 0.6) is 5.75 Å². The number of carbonyl (C=O) groups is 4. The minimum absolute atomic E-state index is 0.0136. The van der Waals surface area contributed by atoms with Gasteiger partial charge in [0.1, 0.15) is 24.4 Å². The highest BCUT2D eigenvalue weighted by Gasteiger charge is 2.28. The Morgan fingerprint density at radius 3 is 2.49 bits per heavy atom. The van der Waals surface area contributed by atoms with E-state index in [1.54, 1.807) is 48.5 Å². The van der Waals surface area contributed by atoms with Crippen LogP contribution in [0.4, 0.5) is 0 Å². The topological polar surface area (TPSA) is 146 Å². The molecule has 0 saturated carbocycles. The number of para-hydroxylation sites is 1. The fraction of sp³-hybridized carbons (Fsp3) is 0.407. The number of amides is 4. The number of benzene rings is 2. The number of nitrogens with one attached hydrogen (secondary N) is 4. The summed E-state index contributed by atoms with van der Waals surface area (Å²) in [4.78, 5) is 51.5. The molecule has 0 bridgehead atoms. The van der Waals surface area contributed by atoms with Crippen LogP contribution < -0.4 is 26.0 Å². The molecular weight excluding hydrogens is 476 g/mol. The Balaban J connectivity index is 1.79. The van der Waals surface area contributed by atoms with Gasteiger partial charge < -0.3 is 31.1 Å². The number of rotatable bonds is 5. The second-order valence-corrected chi connectivity index (χ2v) is 9.16. The van der Waals surface area contributed by atoms with Crippen LogP contribution in [0.25, 0.3) is 0 Å². The Hall–Kier alpha value is -3.92. The molecule has 0 fully saturated rings. The third kappa shape index (κ3) is 8.04. The van der Waals surface area contributed by atoms with Gasteiger partial charge in [-0.1, -0.05) is 56.3 Å². The second-order valence-electron chi connectivity index (χ2n) is 9.16. The fourth-order valence-corrected chi connectivity index (χ4v) is 3.90. The first-order valence-corrected chi connectivity index (χ1v) is 12.4. The second kappa shape index (κ2) is 13.4. The number of ether oxygens (including phenoxy) is 1. The summed E-state index contributed by atoms with van der Waals surface area (Å²) >= 11 is 0. The fourth-order valence-electron chi connectivity index (χ4n) is 3.90. The molecule has 10 heteroatoms. The van der Waals surface area contributed by atoms with Gasteiger partial charge in [0.05, 0.1) is 18.2 Å². The van der Waals surface area contributed by atoms with Crippen molar-refractivity contribution < 1.29 is 29.0 Å². The first-order valence-electron chi connectivity index (χ1n) is 12.4. The number of hydrogen-bond acceptors (Lipinski definition) is 6. The van der Waals surface area contributed by atoms with Gasteiger partial charge in [0.2, 0.25) is 17.7 Å². The van der Waals surface area contributed by atoms with Gasteiger partial charge in [0.25, 0.3) is 5.91 Å². The van der Waals surface area contributed by atoms with Crippen LogP contribution in [0.3, 0.4) is 0 Å². The molecule has 0 spiro atoms. The minimum atomic E-state index is -1.06. The molecule has 0 aliphatic carbocycles. The van der Waals surface area contributed by atoms with Crippen molar-refractivity contribution in [3.8, 4) is 5.75 Å². The highest BCUT2D eigenvalue weighted by atomic mass is 16.5. The van der Waals surface area contributed by atoms with Gasteiger partial charge in [-0.25, -0.2) is 0 Å². The van der Waals surface area contributed by atoms with Gasteiger partial charge >= 0.3 is 0 Å². The largest absolute Gasteiger partial charge is 0.491 e.